The highest BCUT2D eigenvalue weighted by Gasteiger charge is 2.31. The first kappa shape index (κ1) is 40.2. The number of Topliss-reactive ketones (excluding diaryl/α,β-unsaturated/α-hetero) is 1. The van der Waals surface area contributed by atoms with Crippen molar-refractivity contribution in [3.63, 3.8) is 0 Å². The molecule has 0 saturated carbocycles. The normalized spacial score (nSPS) is 15.7. The van der Waals surface area contributed by atoms with E-state index >= 15 is 0 Å². The van der Waals surface area contributed by atoms with Crippen LogP contribution in [0.15, 0.2) is 70.6 Å². The van der Waals surface area contributed by atoms with Crippen LogP contribution < -0.4 is 0 Å². The third-order valence-corrected chi connectivity index (χ3v) is 10.4. The summed E-state index contributed by atoms with van der Waals surface area (Å²) in [5, 5.41) is 33.3. The third kappa shape index (κ3) is 14.3. The first-order valence-electron chi connectivity index (χ1n) is 19.3. The number of carbonyl (C=O) groups excluding carboxylic acids is 1. The lowest BCUT2D eigenvalue weighted by molar-refractivity contribution is -0.527. The summed E-state index contributed by atoms with van der Waals surface area (Å²) in [7, 11) is 0. The maximum absolute atomic E-state index is 12.7. The molecule has 0 atom stereocenters. The molecule has 0 bridgehead atoms. The van der Waals surface area contributed by atoms with Crippen LogP contribution in [0.5, 0.6) is 0 Å². The molecule has 2 aliphatic rings. The monoisotopic (exact) mass is 691 g/mol. The summed E-state index contributed by atoms with van der Waals surface area (Å²) in [5.74, 6) is -0.469. The topological polar surface area (TPSA) is 93.7 Å². The zero-order chi connectivity index (χ0) is 35.3. The molecular weight excluding hydrogens is 629 g/mol. The van der Waals surface area contributed by atoms with Crippen molar-refractivity contribution in [1.82, 2.24) is 4.98 Å². The molecule has 3 rings (SSSR count). The molecule has 0 spiro atoms. The second-order valence-electron chi connectivity index (χ2n) is 13.7. The predicted molar refractivity (Wildman–Crippen MR) is 207 cm³/mol. The summed E-state index contributed by atoms with van der Waals surface area (Å²) in [6.45, 7) is 8.27. The predicted octanol–water partition coefficient (Wildman–Crippen LogP) is 11.9. The first-order valence-corrected chi connectivity index (χ1v) is 20.1. The van der Waals surface area contributed by atoms with Gasteiger partial charge in [0.1, 0.15) is 35.4 Å². The Kier molecular flexibility index (Phi) is 19.1. The van der Waals surface area contributed by atoms with E-state index in [0.717, 1.165) is 41.5 Å². The Morgan fingerprint density at radius 3 is 1.53 bits per heavy atom. The van der Waals surface area contributed by atoms with E-state index in [1.807, 2.05) is 6.92 Å². The van der Waals surface area contributed by atoms with E-state index < -0.39 is 0 Å². The maximum atomic E-state index is 12.7. The molecule has 0 amide bonds. The van der Waals surface area contributed by atoms with Crippen LogP contribution in [0.25, 0.3) is 6.08 Å². The molecule has 7 heteroatoms. The van der Waals surface area contributed by atoms with Gasteiger partial charge in [-0.25, -0.2) is 9.56 Å². The number of allylic oxidation sites excluding steroid dienone is 7. The van der Waals surface area contributed by atoms with Gasteiger partial charge in [0.15, 0.2) is 0 Å². The minimum absolute atomic E-state index is 0.0440. The van der Waals surface area contributed by atoms with Crippen molar-refractivity contribution in [2.24, 2.45) is 0 Å². The molecule has 6 nitrogen and oxygen atoms in total. The molecule has 1 heterocycles. The molecule has 0 radical (unpaired) electrons. The number of hydrogen-bond donors (Lipinski definition) is 3. The minimum Gasteiger partial charge on any atom is -0.507 e. The quantitative estimate of drug-likeness (QED) is 0.0539. The zero-order valence-electron chi connectivity index (χ0n) is 30.7. The van der Waals surface area contributed by atoms with Crippen molar-refractivity contribution < 1.29 is 24.7 Å². The summed E-state index contributed by atoms with van der Waals surface area (Å²) in [5.41, 5.74) is 1.43. The summed E-state index contributed by atoms with van der Waals surface area (Å²) in [4.78, 5) is 18.0. The number of unbranched alkanes of at least 4 members (excludes halogenated alkanes) is 18. The fourth-order valence-corrected chi connectivity index (χ4v) is 7.11. The standard InChI is InChI=1S/C42H62N2O4S/c1-4-6-8-10-12-14-16-18-20-22-28-44(29-23-21-19-17-15-13-11-9-7-5-2)34-30-38(45)35(39(46)31-34)24-25-36-41(47)37(42(36)48)26-27-40-43-32-33(3)49-40/h24-27,30-32H,4-23,28-29H2,1-3H3,(H2,43,45,46,47,48)/p+1. The summed E-state index contributed by atoms with van der Waals surface area (Å²) >= 11 is 1.51. The fourth-order valence-electron chi connectivity index (χ4n) is 6.43. The number of carbonyl (C=O) groups is 1. The Morgan fingerprint density at radius 2 is 1.10 bits per heavy atom. The Morgan fingerprint density at radius 1 is 0.653 bits per heavy atom. The van der Waals surface area contributed by atoms with E-state index in [2.05, 4.69) is 23.4 Å². The van der Waals surface area contributed by atoms with Gasteiger partial charge in [0, 0.05) is 23.9 Å². The van der Waals surface area contributed by atoms with Gasteiger partial charge < -0.3 is 15.3 Å². The molecule has 0 aromatic carbocycles. The van der Waals surface area contributed by atoms with Crippen molar-refractivity contribution in [2.45, 2.75) is 149 Å². The zero-order valence-corrected chi connectivity index (χ0v) is 31.5. The maximum Gasteiger partial charge on any atom is 0.207 e. The SMILES string of the molecule is CCCCCCCCCCCC[N+](CCCCCCCCCCCC)=C1C=C(O)C(=C/C=C2/C(=O)C(/C=C/c3ncc(C)s3)=C2O)C(O)=C1. The van der Waals surface area contributed by atoms with Crippen LogP contribution in [0.4, 0.5) is 0 Å². The lowest BCUT2D eigenvalue weighted by Crippen LogP contribution is -2.24. The summed E-state index contributed by atoms with van der Waals surface area (Å²) < 4.78 is 2.31. The van der Waals surface area contributed by atoms with Gasteiger partial charge in [-0.3, -0.25) is 4.79 Å². The number of aromatic nitrogens is 1. The molecule has 0 saturated heterocycles. The first-order chi connectivity index (χ1) is 23.8. The number of ketones is 1. The molecule has 1 aromatic rings. The molecule has 2 aliphatic carbocycles. The number of nitrogens with zero attached hydrogens (tertiary/aromatic N) is 2. The van der Waals surface area contributed by atoms with Gasteiger partial charge in [0.25, 0.3) is 0 Å². The van der Waals surface area contributed by atoms with E-state index in [0.29, 0.717) is 0 Å². The smallest absolute Gasteiger partial charge is 0.207 e. The van der Waals surface area contributed by atoms with Crippen molar-refractivity contribution >= 4 is 28.9 Å². The molecule has 0 aliphatic heterocycles. The molecule has 1 aromatic heterocycles. The lowest BCUT2D eigenvalue weighted by atomic mass is 9.87. The van der Waals surface area contributed by atoms with Crippen molar-refractivity contribution in [3.8, 4) is 0 Å². The second-order valence-corrected chi connectivity index (χ2v) is 15.0. The van der Waals surface area contributed by atoms with Gasteiger partial charge in [0.2, 0.25) is 11.5 Å². The summed E-state index contributed by atoms with van der Waals surface area (Å²) in [6, 6.07) is 0. The van der Waals surface area contributed by atoms with Crippen molar-refractivity contribution in [1.29, 1.82) is 0 Å². The highest BCUT2D eigenvalue weighted by molar-refractivity contribution is 7.12. The fraction of sp³-hybridized carbons (Fsp3) is 0.595. The number of aliphatic hydroxyl groups is 3. The van der Waals surface area contributed by atoms with Gasteiger partial charge in [-0.2, -0.15) is 0 Å². The van der Waals surface area contributed by atoms with E-state index in [9.17, 15) is 20.1 Å². The number of hydrogen-bond acceptors (Lipinski definition) is 6. The Balaban J connectivity index is 1.60. The highest BCUT2D eigenvalue weighted by atomic mass is 32.1. The van der Waals surface area contributed by atoms with E-state index in [4.69, 9.17) is 0 Å². The minimum atomic E-state index is -0.284. The molecule has 3 N–H and O–H groups in total. The average molecular weight is 692 g/mol. The lowest BCUT2D eigenvalue weighted by Gasteiger charge is -2.18. The van der Waals surface area contributed by atoms with Crippen LogP contribution in [0, 0.1) is 6.92 Å². The van der Waals surface area contributed by atoms with E-state index in [-0.39, 0.29) is 39.8 Å². The van der Waals surface area contributed by atoms with Crippen molar-refractivity contribution in [2.75, 3.05) is 13.1 Å². The molecular formula is C42H63N2O4S+. The largest absolute Gasteiger partial charge is 0.507 e. The van der Waals surface area contributed by atoms with Gasteiger partial charge in [-0.15, -0.1) is 11.3 Å². The van der Waals surface area contributed by atoms with Crippen LogP contribution in [-0.2, 0) is 4.79 Å². The second kappa shape index (κ2) is 23.3. The number of aliphatic hydroxyl groups excluding tert-OH is 3. The Labute approximate surface area is 300 Å². The molecule has 0 unspecified atom stereocenters. The number of thiazole rings is 1. The highest BCUT2D eigenvalue weighted by Crippen LogP contribution is 2.31. The molecule has 270 valence electrons. The third-order valence-electron chi connectivity index (χ3n) is 9.50. The Hall–Kier alpha value is -3.19. The van der Waals surface area contributed by atoms with Gasteiger partial charge in [0.05, 0.1) is 28.9 Å². The van der Waals surface area contributed by atoms with Crippen LogP contribution >= 0.6 is 11.3 Å². The van der Waals surface area contributed by atoms with Crippen LogP contribution in [0.2, 0.25) is 0 Å². The number of rotatable bonds is 25. The van der Waals surface area contributed by atoms with Gasteiger partial charge >= 0.3 is 0 Å². The number of aryl methyl sites for hydroxylation is 1. The van der Waals surface area contributed by atoms with Crippen LogP contribution in [0.1, 0.15) is 152 Å². The van der Waals surface area contributed by atoms with E-state index in [1.54, 1.807) is 30.5 Å². The summed E-state index contributed by atoms with van der Waals surface area (Å²) in [6.07, 6.45) is 37.2. The van der Waals surface area contributed by atoms with Crippen molar-refractivity contribution in [3.05, 3.63) is 80.5 Å². The van der Waals surface area contributed by atoms with E-state index in [1.165, 1.54) is 139 Å². The average Bonchev–Trinajstić information content (AvgIpc) is 3.51. The Bertz CT molecular complexity index is 1350. The van der Waals surface area contributed by atoms with Gasteiger partial charge in [-0.05, 0) is 44.1 Å². The van der Waals surface area contributed by atoms with Crippen LogP contribution in [-0.4, -0.2) is 49.5 Å². The molecule has 49 heavy (non-hydrogen) atoms. The van der Waals surface area contributed by atoms with Crippen LogP contribution in [0.3, 0.4) is 0 Å². The molecule has 0 fully saturated rings. The van der Waals surface area contributed by atoms with Gasteiger partial charge in [-0.1, -0.05) is 117 Å².